The summed E-state index contributed by atoms with van der Waals surface area (Å²) in [6, 6.07) is 10.00. The van der Waals surface area contributed by atoms with Crippen molar-refractivity contribution in [3.8, 4) is 0 Å². The maximum absolute atomic E-state index is 12.9. The molecule has 2 amide bonds. The van der Waals surface area contributed by atoms with Crippen molar-refractivity contribution in [3.05, 3.63) is 35.9 Å². The number of ether oxygens (including phenoxy) is 1. The summed E-state index contributed by atoms with van der Waals surface area (Å²) in [5.74, 6) is 0.0143. The molecule has 154 valence electrons. The Bertz CT molecular complexity index is 706. The van der Waals surface area contributed by atoms with Crippen LogP contribution >= 0.6 is 0 Å². The van der Waals surface area contributed by atoms with Crippen LogP contribution in [0.4, 0.5) is 0 Å². The lowest BCUT2D eigenvalue weighted by molar-refractivity contribution is -0.171. The Balaban J connectivity index is 1.48. The van der Waals surface area contributed by atoms with E-state index in [1.54, 1.807) is 0 Å². The van der Waals surface area contributed by atoms with Crippen LogP contribution in [-0.4, -0.2) is 54.1 Å². The van der Waals surface area contributed by atoms with Crippen LogP contribution in [0.5, 0.6) is 0 Å². The molecule has 3 unspecified atom stereocenters. The minimum absolute atomic E-state index is 0.00731. The zero-order valence-electron chi connectivity index (χ0n) is 17.2. The Morgan fingerprint density at radius 1 is 1.29 bits per heavy atom. The molecule has 1 aliphatic heterocycles. The van der Waals surface area contributed by atoms with Crippen LogP contribution in [0.1, 0.15) is 45.6 Å². The fourth-order valence-corrected chi connectivity index (χ4v) is 4.29. The first-order valence-corrected chi connectivity index (χ1v) is 10.3. The standard InChI is InChI=1S/C22H33N3O3/c1-4-28-18-14-22(23,21(18,2)3)20(27)24-17-12-13-25(15-17)19(26)11-10-16-8-6-5-7-9-16/h5-9,17-18H,4,10-15,23H2,1-3H3,(H,24,27). The van der Waals surface area contributed by atoms with Crippen molar-refractivity contribution in [2.24, 2.45) is 11.1 Å². The minimum Gasteiger partial charge on any atom is -0.378 e. The number of carbonyl (C=O) groups excluding carboxylic acids is 2. The minimum atomic E-state index is -0.919. The summed E-state index contributed by atoms with van der Waals surface area (Å²) in [4.78, 5) is 27.2. The van der Waals surface area contributed by atoms with Gasteiger partial charge in [-0.25, -0.2) is 0 Å². The van der Waals surface area contributed by atoms with E-state index < -0.39 is 11.0 Å². The fraction of sp³-hybridized carbons (Fsp3) is 0.636. The lowest BCUT2D eigenvalue weighted by Crippen LogP contribution is -2.76. The van der Waals surface area contributed by atoms with Crippen LogP contribution in [0.25, 0.3) is 0 Å². The number of carbonyl (C=O) groups is 2. The van der Waals surface area contributed by atoms with Crippen molar-refractivity contribution in [1.82, 2.24) is 10.2 Å². The normalized spacial score (nSPS) is 28.6. The number of nitrogens with two attached hydrogens (primary N) is 1. The van der Waals surface area contributed by atoms with Crippen LogP contribution < -0.4 is 11.1 Å². The molecule has 2 aliphatic rings. The number of hydrogen-bond acceptors (Lipinski definition) is 4. The third-order valence-corrected chi connectivity index (χ3v) is 6.58. The van der Waals surface area contributed by atoms with E-state index in [4.69, 9.17) is 10.5 Å². The SMILES string of the molecule is CCOC1CC(N)(C(=O)NC2CCN(C(=O)CCc3ccccc3)C2)C1(C)C. The molecule has 6 nitrogen and oxygen atoms in total. The molecular weight excluding hydrogens is 354 g/mol. The smallest absolute Gasteiger partial charge is 0.241 e. The van der Waals surface area contributed by atoms with E-state index in [9.17, 15) is 9.59 Å². The highest BCUT2D eigenvalue weighted by Gasteiger charge is 2.63. The van der Waals surface area contributed by atoms with Crippen LogP contribution in [0.3, 0.4) is 0 Å². The second kappa shape index (κ2) is 8.21. The van der Waals surface area contributed by atoms with Gasteiger partial charge in [-0.1, -0.05) is 44.2 Å². The first kappa shape index (κ1) is 20.8. The molecule has 1 aliphatic carbocycles. The number of nitrogens with one attached hydrogen (secondary N) is 1. The number of hydrogen-bond donors (Lipinski definition) is 2. The van der Waals surface area contributed by atoms with Crippen molar-refractivity contribution in [1.29, 1.82) is 0 Å². The summed E-state index contributed by atoms with van der Waals surface area (Å²) in [5.41, 5.74) is 6.30. The summed E-state index contributed by atoms with van der Waals surface area (Å²) in [6.07, 6.45) is 2.55. The molecule has 1 saturated carbocycles. The Hall–Kier alpha value is -1.92. The molecule has 3 N–H and O–H groups in total. The molecule has 1 aromatic rings. The topological polar surface area (TPSA) is 84.7 Å². The van der Waals surface area contributed by atoms with E-state index in [-0.39, 0.29) is 24.0 Å². The molecule has 3 rings (SSSR count). The van der Waals surface area contributed by atoms with Crippen molar-refractivity contribution < 1.29 is 14.3 Å². The fourth-order valence-electron chi connectivity index (χ4n) is 4.29. The Morgan fingerprint density at radius 2 is 2.00 bits per heavy atom. The van der Waals surface area contributed by atoms with Gasteiger partial charge in [0.1, 0.15) is 5.54 Å². The summed E-state index contributed by atoms with van der Waals surface area (Å²) in [7, 11) is 0. The molecule has 1 saturated heterocycles. The summed E-state index contributed by atoms with van der Waals surface area (Å²) in [5, 5.41) is 3.08. The summed E-state index contributed by atoms with van der Waals surface area (Å²) in [6.45, 7) is 7.80. The van der Waals surface area contributed by atoms with Gasteiger partial charge in [-0.15, -0.1) is 0 Å². The largest absolute Gasteiger partial charge is 0.378 e. The lowest BCUT2D eigenvalue weighted by atomic mass is 9.54. The first-order chi connectivity index (χ1) is 13.3. The number of amides is 2. The predicted molar refractivity (Wildman–Crippen MR) is 109 cm³/mol. The van der Waals surface area contributed by atoms with E-state index in [0.717, 1.165) is 12.8 Å². The van der Waals surface area contributed by atoms with Crippen LogP contribution in [0, 0.1) is 5.41 Å². The van der Waals surface area contributed by atoms with E-state index in [1.807, 2.05) is 56.0 Å². The maximum Gasteiger partial charge on any atom is 0.241 e. The van der Waals surface area contributed by atoms with Crippen molar-refractivity contribution in [2.75, 3.05) is 19.7 Å². The van der Waals surface area contributed by atoms with Gasteiger partial charge in [0, 0.05) is 44.0 Å². The van der Waals surface area contributed by atoms with Crippen LogP contribution in [0.2, 0.25) is 0 Å². The number of benzene rings is 1. The monoisotopic (exact) mass is 387 g/mol. The van der Waals surface area contributed by atoms with Crippen molar-refractivity contribution in [3.63, 3.8) is 0 Å². The molecule has 0 aromatic heterocycles. The van der Waals surface area contributed by atoms with Gasteiger partial charge >= 0.3 is 0 Å². The van der Waals surface area contributed by atoms with E-state index in [1.165, 1.54) is 5.56 Å². The Morgan fingerprint density at radius 3 is 2.64 bits per heavy atom. The number of nitrogens with zero attached hydrogens (tertiary/aromatic N) is 1. The highest BCUT2D eigenvalue weighted by atomic mass is 16.5. The zero-order valence-corrected chi connectivity index (χ0v) is 17.2. The van der Waals surface area contributed by atoms with Gasteiger partial charge in [0.2, 0.25) is 11.8 Å². The third kappa shape index (κ3) is 3.94. The van der Waals surface area contributed by atoms with Gasteiger partial charge in [0.25, 0.3) is 0 Å². The van der Waals surface area contributed by atoms with E-state index in [0.29, 0.717) is 32.5 Å². The molecule has 1 heterocycles. The van der Waals surface area contributed by atoms with Crippen LogP contribution in [0.15, 0.2) is 30.3 Å². The first-order valence-electron chi connectivity index (χ1n) is 10.3. The maximum atomic E-state index is 12.9. The van der Waals surface area contributed by atoms with Gasteiger partial charge in [0.15, 0.2) is 0 Å². The quantitative estimate of drug-likeness (QED) is 0.748. The second-order valence-electron chi connectivity index (χ2n) is 8.63. The second-order valence-corrected chi connectivity index (χ2v) is 8.63. The average molecular weight is 388 g/mol. The van der Waals surface area contributed by atoms with Gasteiger partial charge in [-0.2, -0.15) is 0 Å². The summed E-state index contributed by atoms with van der Waals surface area (Å²) < 4.78 is 5.71. The molecule has 2 fully saturated rings. The third-order valence-electron chi connectivity index (χ3n) is 6.58. The highest BCUT2D eigenvalue weighted by Crippen LogP contribution is 2.49. The predicted octanol–water partition coefficient (Wildman–Crippen LogP) is 1.87. The molecule has 6 heteroatoms. The molecule has 28 heavy (non-hydrogen) atoms. The van der Waals surface area contributed by atoms with Crippen LogP contribution in [-0.2, 0) is 20.7 Å². The highest BCUT2D eigenvalue weighted by molar-refractivity contribution is 5.89. The van der Waals surface area contributed by atoms with E-state index in [2.05, 4.69) is 5.32 Å². The molecule has 0 spiro atoms. The Labute approximate surface area is 167 Å². The van der Waals surface area contributed by atoms with Gasteiger partial charge < -0.3 is 20.7 Å². The molecule has 0 bridgehead atoms. The lowest BCUT2D eigenvalue weighted by Gasteiger charge is -2.57. The van der Waals surface area contributed by atoms with E-state index >= 15 is 0 Å². The molecule has 1 aromatic carbocycles. The number of aryl methyl sites for hydroxylation is 1. The van der Waals surface area contributed by atoms with Crippen molar-refractivity contribution >= 4 is 11.8 Å². The molecular formula is C22H33N3O3. The number of likely N-dealkylation sites (tertiary alicyclic amines) is 1. The Kier molecular flexibility index (Phi) is 6.10. The zero-order chi connectivity index (χ0) is 20.4. The number of rotatable bonds is 7. The molecule has 3 atom stereocenters. The van der Waals surface area contributed by atoms with Crippen molar-refractivity contribution in [2.45, 2.75) is 64.1 Å². The van der Waals surface area contributed by atoms with Gasteiger partial charge in [-0.05, 0) is 25.3 Å². The average Bonchev–Trinajstić information content (AvgIpc) is 3.15. The van der Waals surface area contributed by atoms with Gasteiger partial charge in [-0.3, -0.25) is 9.59 Å². The summed E-state index contributed by atoms with van der Waals surface area (Å²) >= 11 is 0. The molecule has 0 radical (unpaired) electrons. The van der Waals surface area contributed by atoms with Gasteiger partial charge in [0.05, 0.1) is 6.10 Å².